The van der Waals surface area contributed by atoms with Gasteiger partial charge < -0.3 is 10.2 Å². The average Bonchev–Trinajstić information content (AvgIpc) is 2.35. The molecule has 80 valence electrons. The molecule has 0 saturated heterocycles. The van der Waals surface area contributed by atoms with Gasteiger partial charge in [-0.1, -0.05) is 4.73 Å². The summed E-state index contributed by atoms with van der Waals surface area (Å²) in [6, 6.07) is 2.23. The van der Waals surface area contributed by atoms with E-state index in [9.17, 15) is 8.42 Å². The SMILES string of the molecule is CC(C)S(=O)(=O)On1c(O)ccc1O. The molecule has 0 aliphatic carbocycles. The first-order chi connectivity index (χ1) is 6.34. The highest BCUT2D eigenvalue weighted by molar-refractivity contribution is 7.87. The molecule has 14 heavy (non-hydrogen) atoms. The Hall–Kier alpha value is -1.37. The maximum atomic E-state index is 11.2. The Morgan fingerprint density at radius 1 is 1.29 bits per heavy atom. The maximum Gasteiger partial charge on any atom is 0.329 e. The zero-order chi connectivity index (χ0) is 10.9. The normalized spacial score (nSPS) is 11.9. The van der Waals surface area contributed by atoms with Gasteiger partial charge in [-0.25, -0.2) is 0 Å². The summed E-state index contributed by atoms with van der Waals surface area (Å²) >= 11 is 0. The van der Waals surface area contributed by atoms with Crippen molar-refractivity contribution in [2.75, 3.05) is 0 Å². The van der Waals surface area contributed by atoms with Crippen LogP contribution in [0.2, 0.25) is 0 Å². The van der Waals surface area contributed by atoms with Crippen molar-refractivity contribution in [2.24, 2.45) is 0 Å². The fraction of sp³-hybridized carbons (Fsp3) is 0.429. The molecule has 0 bridgehead atoms. The molecule has 0 radical (unpaired) electrons. The lowest BCUT2D eigenvalue weighted by molar-refractivity contribution is 0.201. The van der Waals surface area contributed by atoms with Crippen molar-refractivity contribution in [1.82, 2.24) is 4.73 Å². The lowest BCUT2D eigenvalue weighted by atomic mass is 10.6. The summed E-state index contributed by atoms with van der Waals surface area (Å²) in [5, 5.41) is 17.4. The monoisotopic (exact) mass is 221 g/mol. The van der Waals surface area contributed by atoms with Crippen LogP contribution < -0.4 is 4.28 Å². The Bertz CT molecular complexity index is 400. The molecule has 0 spiro atoms. The van der Waals surface area contributed by atoms with E-state index in [-0.39, 0.29) is 0 Å². The second kappa shape index (κ2) is 3.41. The Morgan fingerprint density at radius 3 is 2.07 bits per heavy atom. The number of aromatic nitrogens is 1. The molecule has 0 saturated carbocycles. The molecular formula is C7H11NO5S. The van der Waals surface area contributed by atoms with E-state index in [0.717, 1.165) is 12.1 Å². The van der Waals surface area contributed by atoms with Gasteiger partial charge in [0.15, 0.2) is 0 Å². The van der Waals surface area contributed by atoms with Crippen LogP contribution in [0.15, 0.2) is 12.1 Å². The smallest absolute Gasteiger partial charge is 0.329 e. The van der Waals surface area contributed by atoms with Crippen LogP contribution >= 0.6 is 0 Å². The summed E-state index contributed by atoms with van der Waals surface area (Å²) in [4.78, 5) is 0. The van der Waals surface area contributed by atoms with Gasteiger partial charge >= 0.3 is 10.1 Å². The van der Waals surface area contributed by atoms with E-state index >= 15 is 0 Å². The van der Waals surface area contributed by atoms with Crippen LogP contribution in [0.5, 0.6) is 11.8 Å². The van der Waals surface area contributed by atoms with E-state index in [2.05, 4.69) is 4.28 Å². The number of hydrogen-bond acceptors (Lipinski definition) is 5. The highest BCUT2D eigenvalue weighted by Crippen LogP contribution is 2.20. The second-order valence-electron chi connectivity index (χ2n) is 2.96. The minimum atomic E-state index is -3.82. The fourth-order valence-corrected chi connectivity index (χ4v) is 1.20. The van der Waals surface area contributed by atoms with Gasteiger partial charge in [0.2, 0.25) is 11.8 Å². The van der Waals surface area contributed by atoms with Gasteiger partial charge in [0, 0.05) is 12.1 Å². The molecule has 1 rings (SSSR count). The fourth-order valence-electron chi connectivity index (χ4n) is 0.668. The summed E-state index contributed by atoms with van der Waals surface area (Å²) in [5.74, 6) is -0.960. The first-order valence-electron chi connectivity index (χ1n) is 3.88. The zero-order valence-electron chi connectivity index (χ0n) is 7.71. The minimum Gasteiger partial charge on any atom is -0.492 e. The van der Waals surface area contributed by atoms with Crippen LogP contribution in [0, 0.1) is 0 Å². The molecule has 0 aromatic carbocycles. The molecule has 0 atom stereocenters. The maximum absolute atomic E-state index is 11.2. The van der Waals surface area contributed by atoms with Crippen LogP contribution in [-0.4, -0.2) is 28.6 Å². The standard InChI is InChI=1S/C7H11NO5S/c1-5(2)14(11,12)13-8-6(9)3-4-7(8)10/h3-5,9-10H,1-2H3. The molecule has 7 heteroatoms. The number of hydrogen-bond donors (Lipinski definition) is 2. The van der Waals surface area contributed by atoms with Crippen molar-refractivity contribution in [3.05, 3.63) is 12.1 Å². The third kappa shape index (κ3) is 1.92. The zero-order valence-corrected chi connectivity index (χ0v) is 8.52. The third-order valence-electron chi connectivity index (χ3n) is 1.55. The van der Waals surface area contributed by atoms with E-state index < -0.39 is 27.1 Å². The van der Waals surface area contributed by atoms with Crippen LogP contribution in [0.25, 0.3) is 0 Å². The van der Waals surface area contributed by atoms with Crippen molar-refractivity contribution in [3.8, 4) is 11.8 Å². The van der Waals surface area contributed by atoms with E-state index in [1.165, 1.54) is 13.8 Å². The largest absolute Gasteiger partial charge is 0.492 e. The van der Waals surface area contributed by atoms with Crippen molar-refractivity contribution < 1.29 is 22.9 Å². The topological polar surface area (TPSA) is 88.8 Å². The molecule has 0 amide bonds. The Kier molecular flexibility index (Phi) is 2.61. The lowest BCUT2D eigenvalue weighted by Gasteiger charge is -2.10. The van der Waals surface area contributed by atoms with E-state index in [1.54, 1.807) is 0 Å². The van der Waals surface area contributed by atoms with Crippen molar-refractivity contribution >= 4 is 10.1 Å². The van der Waals surface area contributed by atoms with E-state index in [4.69, 9.17) is 10.2 Å². The summed E-state index contributed by atoms with van der Waals surface area (Å²) in [7, 11) is -3.82. The van der Waals surface area contributed by atoms with Crippen LogP contribution in [-0.2, 0) is 10.1 Å². The molecule has 2 N–H and O–H groups in total. The number of nitrogens with zero attached hydrogens (tertiary/aromatic N) is 1. The lowest BCUT2D eigenvalue weighted by Crippen LogP contribution is -2.26. The van der Waals surface area contributed by atoms with Gasteiger partial charge in [0.05, 0.1) is 5.25 Å². The third-order valence-corrected chi connectivity index (χ3v) is 3.06. The molecule has 6 nitrogen and oxygen atoms in total. The Balaban J connectivity index is 3.01. The van der Waals surface area contributed by atoms with Crippen LogP contribution in [0.1, 0.15) is 13.8 Å². The first kappa shape index (κ1) is 10.7. The first-order valence-corrected chi connectivity index (χ1v) is 5.35. The predicted octanol–water partition coefficient (Wildman–Crippen LogP) is 0.0661. The van der Waals surface area contributed by atoms with Crippen molar-refractivity contribution in [1.29, 1.82) is 0 Å². The van der Waals surface area contributed by atoms with Gasteiger partial charge in [-0.3, -0.25) is 4.28 Å². The van der Waals surface area contributed by atoms with Gasteiger partial charge in [-0.15, -0.1) is 0 Å². The molecule has 0 unspecified atom stereocenters. The number of rotatable bonds is 3. The molecule has 0 fully saturated rings. The molecule has 1 heterocycles. The average molecular weight is 221 g/mol. The predicted molar refractivity (Wildman–Crippen MR) is 48.4 cm³/mol. The summed E-state index contributed by atoms with van der Waals surface area (Å²) in [6.45, 7) is 2.85. The summed E-state index contributed by atoms with van der Waals surface area (Å²) < 4.78 is 27.4. The minimum absolute atomic E-state index is 0.440. The summed E-state index contributed by atoms with van der Waals surface area (Å²) in [6.07, 6.45) is 0. The van der Waals surface area contributed by atoms with Gasteiger partial charge in [-0.2, -0.15) is 8.42 Å². The molecule has 0 aliphatic rings. The van der Waals surface area contributed by atoms with Gasteiger partial charge in [0.25, 0.3) is 0 Å². The van der Waals surface area contributed by atoms with E-state index in [1.807, 2.05) is 0 Å². The molecule has 1 aromatic heterocycles. The van der Waals surface area contributed by atoms with Crippen LogP contribution in [0.4, 0.5) is 0 Å². The molecule has 1 aromatic rings. The van der Waals surface area contributed by atoms with Gasteiger partial charge in [-0.05, 0) is 13.8 Å². The van der Waals surface area contributed by atoms with E-state index in [0.29, 0.717) is 4.73 Å². The van der Waals surface area contributed by atoms with Gasteiger partial charge in [0.1, 0.15) is 0 Å². The van der Waals surface area contributed by atoms with Crippen molar-refractivity contribution in [3.63, 3.8) is 0 Å². The Labute approximate surface area is 81.4 Å². The molecular weight excluding hydrogens is 210 g/mol. The number of aromatic hydroxyl groups is 2. The highest BCUT2D eigenvalue weighted by atomic mass is 32.2. The summed E-state index contributed by atoms with van der Waals surface area (Å²) in [5.41, 5.74) is 0. The van der Waals surface area contributed by atoms with Crippen molar-refractivity contribution in [2.45, 2.75) is 19.1 Å². The quantitative estimate of drug-likeness (QED) is 0.753. The Morgan fingerprint density at radius 2 is 1.71 bits per heavy atom. The van der Waals surface area contributed by atoms with Crippen LogP contribution in [0.3, 0.4) is 0 Å². The molecule has 0 aliphatic heterocycles. The highest BCUT2D eigenvalue weighted by Gasteiger charge is 2.21. The second-order valence-corrected chi connectivity index (χ2v) is 5.04.